The van der Waals surface area contributed by atoms with Crippen LogP contribution in [0.25, 0.3) is 0 Å². The van der Waals surface area contributed by atoms with E-state index < -0.39 is 12.7 Å². The largest absolute Gasteiger partial charge is 0.401 e. The molecule has 0 atom stereocenters. The summed E-state index contributed by atoms with van der Waals surface area (Å²) in [5, 5.41) is 6.28. The van der Waals surface area contributed by atoms with Crippen molar-refractivity contribution in [1.82, 2.24) is 15.5 Å². The van der Waals surface area contributed by atoms with E-state index in [1.54, 1.807) is 4.90 Å². The molecule has 1 aromatic carbocycles. The molecule has 1 amide bonds. The normalized spacial score (nSPS) is 15.3. The first kappa shape index (κ1) is 23.0. The Labute approximate surface area is 170 Å². The van der Waals surface area contributed by atoms with Crippen molar-refractivity contribution in [3.63, 3.8) is 0 Å². The second-order valence-electron chi connectivity index (χ2n) is 7.14. The van der Waals surface area contributed by atoms with Crippen LogP contribution in [0.1, 0.15) is 31.7 Å². The van der Waals surface area contributed by atoms with Gasteiger partial charge in [-0.1, -0.05) is 12.1 Å². The van der Waals surface area contributed by atoms with Crippen molar-refractivity contribution in [3.8, 4) is 0 Å². The summed E-state index contributed by atoms with van der Waals surface area (Å²) in [6.45, 7) is 3.86. The SMILES string of the molecule is CCNC(=NCc1ccc(N2CCCC2=O)cc1)NCCCN(C)CC(F)(F)F. The molecule has 6 nitrogen and oxygen atoms in total. The number of amides is 1. The molecule has 2 N–H and O–H groups in total. The van der Waals surface area contributed by atoms with Gasteiger partial charge in [-0.2, -0.15) is 13.2 Å². The summed E-state index contributed by atoms with van der Waals surface area (Å²) in [6, 6.07) is 7.79. The Hall–Kier alpha value is -2.29. The van der Waals surface area contributed by atoms with E-state index >= 15 is 0 Å². The maximum atomic E-state index is 12.3. The lowest BCUT2D eigenvalue weighted by molar-refractivity contribution is -0.143. The van der Waals surface area contributed by atoms with Crippen LogP contribution in [0, 0.1) is 0 Å². The number of hydrogen-bond acceptors (Lipinski definition) is 3. The van der Waals surface area contributed by atoms with E-state index in [9.17, 15) is 18.0 Å². The van der Waals surface area contributed by atoms with Crippen LogP contribution >= 0.6 is 0 Å². The highest BCUT2D eigenvalue weighted by atomic mass is 19.4. The number of alkyl halides is 3. The molecule has 0 aromatic heterocycles. The van der Waals surface area contributed by atoms with Gasteiger partial charge in [-0.3, -0.25) is 9.69 Å². The van der Waals surface area contributed by atoms with Gasteiger partial charge >= 0.3 is 6.18 Å². The van der Waals surface area contributed by atoms with Crippen LogP contribution < -0.4 is 15.5 Å². The van der Waals surface area contributed by atoms with Crippen LogP contribution in [-0.4, -0.2) is 62.7 Å². The van der Waals surface area contributed by atoms with Crippen molar-refractivity contribution in [2.45, 2.75) is 38.9 Å². The van der Waals surface area contributed by atoms with E-state index in [1.807, 2.05) is 31.2 Å². The lowest BCUT2D eigenvalue weighted by Crippen LogP contribution is -2.39. The van der Waals surface area contributed by atoms with Crippen molar-refractivity contribution < 1.29 is 18.0 Å². The van der Waals surface area contributed by atoms with Crippen molar-refractivity contribution in [3.05, 3.63) is 29.8 Å². The van der Waals surface area contributed by atoms with Gasteiger partial charge in [0.1, 0.15) is 0 Å². The third-order valence-electron chi connectivity index (χ3n) is 4.54. The number of rotatable bonds is 9. The Morgan fingerprint density at radius 3 is 2.55 bits per heavy atom. The average Bonchev–Trinajstić information content (AvgIpc) is 3.08. The Balaban J connectivity index is 1.80. The molecule has 1 heterocycles. The summed E-state index contributed by atoms with van der Waals surface area (Å²) in [5.74, 6) is 0.792. The second kappa shape index (κ2) is 11.0. The molecule has 1 saturated heterocycles. The highest BCUT2D eigenvalue weighted by Crippen LogP contribution is 2.21. The summed E-state index contributed by atoms with van der Waals surface area (Å²) in [7, 11) is 1.46. The number of nitrogens with one attached hydrogen (secondary N) is 2. The summed E-state index contributed by atoms with van der Waals surface area (Å²) < 4.78 is 37.0. The molecule has 1 aliphatic heterocycles. The molecule has 162 valence electrons. The summed E-state index contributed by atoms with van der Waals surface area (Å²) >= 11 is 0. The van der Waals surface area contributed by atoms with E-state index in [2.05, 4.69) is 15.6 Å². The Morgan fingerprint density at radius 2 is 1.97 bits per heavy atom. The summed E-state index contributed by atoms with van der Waals surface area (Å²) in [6.07, 6.45) is -2.09. The first-order valence-electron chi connectivity index (χ1n) is 9.95. The standard InChI is InChI=1S/C20H30F3N5O/c1-3-24-19(25-11-5-12-27(2)15-20(21,22)23)26-14-16-7-9-17(10-8-16)28-13-4-6-18(28)29/h7-10H,3-6,11-15H2,1-2H3,(H2,24,25,26). The Morgan fingerprint density at radius 1 is 1.24 bits per heavy atom. The van der Waals surface area contributed by atoms with Crippen LogP contribution in [-0.2, 0) is 11.3 Å². The van der Waals surface area contributed by atoms with Gasteiger partial charge < -0.3 is 15.5 Å². The number of nitrogens with zero attached hydrogens (tertiary/aromatic N) is 3. The zero-order chi connectivity index (χ0) is 21.3. The number of anilines is 1. The number of aliphatic imine (C=N–C) groups is 1. The van der Waals surface area contributed by atoms with Gasteiger partial charge in [-0.15, -0.1) is 0 Å². The zero-order valence-corrected chi connectivity index (χ0v) is 17.1. The van der Waals surface area contributed by atoms with Crippen LogP contribution in [0.3, 0.4) is 0 Å². The van der Waals surface area contributed by atoms with Gasteiger partial charge in [-0.05, 0) is 51.1 Å². The minimum Gasteiger partial charge on any atom is -0.357 e. The lowest BCUT2D eigenvalue weighted by atomic mass is 10.2. The molecule has 0 spiro atoms. The Bertz CT molecular complexity index is 676. The zero-order valence-electron chi connectivity index (χ0n) is 17.1. The number of benzene rings is 1. The van der Waals surface area contributed by atoms with Crippen molar-refractivity contribution >= 4 is 17.6 Å². The predicted octanol–water partition coefficient (Wildman–Crippen LogP) is 2.75. The van der Waals surface area contributed by atoms with E-state index in [1.165, 1.54) is 11.9 Å². The molecule has 9 heteroatoms. The molecule has 2 rings (SSSR count). The molecule has 0 saturated carbocycles. The lowest BCUT2D eigenvalue weighted by Gasteiger charge is -2.19. The number of hydrogen-bond donors (Lipinski definition) is 2. The van der Waals surface area contributed by atoms with Gasteiger partial charge in [0.15, 0.2) is 5.96 Å². The van der Waals surface area contributed by atoms with Crippen LogP contribution in [0.15, 0.2) is 29.3 Å². The van der Waals surface area contributed by atoms with Gasteiger partial charge in [0.2, 0.25) is 5.91 Å². The van der Waals surface area contributed by atoms with E-state index in [-0.39, 0.29) is 5.91 Å². The smallest absolute Gasteiger partial charge is 0.357 e. The summed E-state index contributed by atoms with van der Waals surface area (Å²) in [5.41, 5.74) is 1.93. The van der Waals surface area contributed by atoms with Crippen LogP contribution in [0.5, 0.6) is 0 Å². The molecule has 0 aliphatic carbocycles. The number of carbonyl (C=O) groups excluding carboxylic acids is 1. The first-order valence-corrected chi connectivity index (χ1v) is 9.95. The van der Waals surface area contributed by atoms with Gasteiger partial charge in [0.05, 0.1) is 13.1 Å². The van der Waals surface area contributed by atoms with E-state index in [0.717, 1.165) is 24.2 Å². The third-order valence-corrected chi connectivity index (χ3v) is 4.54. The van der Waals surface area contributed by atoms with Gasteiger partial charge in [0.25, 0.3) is 0 Å². The van der Waals surface area contributed by atoms with Crippen molar-refractivity contribution in [2.24, 2.45) is 4.99 Å². The molecular weight excluding hydrogens is 383 g/mol. The number of halogens is 3. The van der Waals surface area contributed by atoms with E-state index in [0.29, 0.717) is 45.0 Å². The maximum Gasteiger partial charge on any atom is 0.401 e. The molecule has 0 unspecified atom stereocenters. The van der Waals surface area contributed by atoms with Crippen LogP contribution in [0.4, 0.5) is 18.9 Å². The molecule has 0 bridgehead atoms. The van der Waals surface area contributed by atoms with Crippen molar-refractivity contribution in [1.29, 1.82) is 0 Å². The molecular formula is C20H30F3N5O. The van der Waals surface area contributed by atoms with Gasteiger partial charge in [-0.25, -0.2) is 4.99 Å². The second-order valence-corrected chi connectivity index (χ2v) is 7.14. The fourth-order valence-corrected chi connectivity index (χ4v) is 3.16. The molecule has 29 heavy (non-hydrogen) atoms. The van der Waals surface area contributed by atoms with Crippen molar-refractivity contribution in [2.75, 3.05) is 44.7 Å². The van der Waals surface area contributed by atoms with Gasteiger partial charge in [0, 0.05) is 31.7 Å². The molecule has 1 aromatic rings. The quantitative estimate of drug-likeness (QED) is 0.371. The number of guanidine groups is 1. The maximum absolute atomic E-state index is 12.3. The fourth-order valence-electron chi connectivity index (χ4n) is 3.16. The minimum absolute atomic E-state index is 0.162. The third kappa shape index (κ3) is 8.31. The van der Waals surface area contributed by atoms with Crippen LogP contribution in [0.2, 0.25) is 0 Å². The number of carbonyl (C=O) groups is 1. The highest BCUT2D eigenvalue weighted by Gasteiger charge is 2.28. The van der Waals surface area contributed by atoms with E-state index in [4.69, 9.17) is 0 Å². The average molecular weight is 413 g/mol. The predicted molar refractivity (Wildman–Crippen MR) is 109 cm³/mol. The monoisotopic (exact) mass is 413 g/mol. The highest BCUT2D eigenvalue weighted by molar-refractivity contribution is 5.95. The minimum atomic E-state index is -4.17. The molecule has 1 aliphatic rings. The molecule has 1 fully saturated rings. The molecule has 0 radical (unpaired) electrons. The first-order chi connectivity index (χ1) is 13.8. The fraction of sp³-hybridized carbons (Fsp3) is 0.600. The topological polar surface area (TPSA) is 60.0 Å². The summed E-state index contributed by atoms with van der Waals surface area (Å²) in [4.78, 5) is 19.4. The Kier molecular flexibility index (Phi) is 8.75.